The van der Waals surface area contributed by atoms with Crippen molar-refractivity contribution < 1.29 is 18.0 Å². The molecule has 2 N–H and O–H groups in total. The summed E-state index contributed by atoms with van der Waals surface area (Å²) in [5.74, 6) is -0.687. The Morgan fingerprint density at radius 2 is 2.00 bits per heavy atom. The molecule has 0 bridgehead atoms. The van der Waals surface area contributed by atoms with Crippen LogP contribution in [0, 0.1) is 6.92 Å². The number of nitrogens with zero attached hydrogens (tertiary/aromatic N) is 1. The van der Waals surface area contributed by atoms with Crippen LogP contribution in [0.5, 0.6) is 0 Å². The Kier molecular flexibility index (Phi) is 5.18. The Balaban J connectivity index is 2.05. The third-order valence-corrected chi connectivity index (χ3v) is 3.56. The van der Waals surface area contributed by atoms with Gasteiger partial charge in [0.05, 0.1) is 5.69 Å². The van der Waals surface area contributed by atoms with Crippen LogP contribution in [0.4, 0.5) is 18.9 Å². The number of halogens is 4. The van der Waals surface area contributed by atoms with Gasteiger partial charge in [0.1, 0.15) is 12.1 Å². The van der Waals surface area contributed by atoms with Crippen molar-refractivity contribution >= 4 is 23.2 Å². The highest BCUT2D eigenvalue weighted by molar-refractivity contribution is 6.31. The number of amides is 1. The summed E-state index contributed by atoms with van der Waals surface area (Å²) in [7, 11) is 0. The van der Waals surface area contributed by atoms with Crippen molar-refractivity contribution in [2.75, 3.05) is 5.43 Å². The molecule has 1 amide bonds. The van der Waals surface area contributed by atoms with Crippen molar-refractivity contribution in [2.24, 2.45) is 0 Å². The lowest BCUT2D eigenvalue weighted by Crippen LogP contribution is -2.37. The molecule has 0 unspecified atom stereocenters. The number of nitrogens with one attached hydrogen (secondary N) is 2. The topological polar surface area (TPSA) is 63.1 Å². The molecule has 0 fully saturated rings. The molecule has 0 aliphatic rings. The van der Waals surface area contributed by atoms with Crippen LogP contribution in [0.15, 0.2) is 41.3 Å². The second-order valence-corrected chi connectivity index (χ2v) is 5.40. The Morgan fingerprint density at radius 1 is 1.29 bits per heavy atom. The normalized spacial score (nSPS) is 11.2. The van der Waals surface area contributed by atoms with Gasteiger partial charge in [-0.15, -0.1) is 0 Å². The van der Waals surface area contributed by atoms with Crippen LogP contribution in [0.1, 0.15) is 11.1 Å². The van der Waals surface area contributed by atoms with Gasteiger partial charge in [0, 0.05) is 11.2 Å². The second-order valence-electron chi connectivity index (χ2n) is 4.99. The summed E-state index contributed by atoms with van der Waals surface area (Å²) in [6, 6.07) is 6.70. The minimum atomic E-state index is -4.77. The zero-order valence-corrected chi connectivity index (χ0v) is 13.2. The van der Waals surface area contributed by atoms with Gasteiger partial charge in [0.25, 0.3) is 11.5 Å². The summed E-state index contributed by atoms with van der Waals surface area (Å²) < 4.78 is 38.7. The van der Waals surface area contributed by atoms with E-state index in [1.165, 1.54) is 0 Å². The zero-order valence-electron chi connectivity index (χ0n) is 12.4. The Morgan fingerprint density at radius 3 is 2.62 bits per heavy atom. The van der Waals surface area contributed by atoms with Gasteiger partial charge in [-0.25, -0.2) is 0 Å². The van der Waals surface area contributed by atoms with E-state index in [-0.39, 0.29) is 0 Å². The first kappa shape index (κ1) is 17.9. The monoisotopic (exact) mass is 359 g/mol. The predicted octanol–water partition coefficient (Wildman–Crippen LogP) is 2.97. The highest BCUT2D eigenvalue weighted by atomic mass is 35.5. The van der Waals surface area contributed by atoms with Crippen LogP contribution in [0.2, 0.25) is 5.02 Å². The number of carbonyl (C=O) groups excluding carboxylic acids is 1. The molecule has 0 saturated heterocycles. The Labute approximate surface area is 140 Å². The van der Waals surface area contributed by atoms with Gasteiger partial charge < -0.3 is 4.57 Å². The number of pyridine rings is 1. The molecule has 1 heterocycles. The minimum Gasteiger partial charge on any atom is -0.306 e. The summed E-state index contributed by atoms with van der Waals surface area (Å²) in [5.41, 5.74) is 3.61. The third kappa shape index (κ3) is 4.29. The molecule has 1 aromatic carbocycles. The van der Waals surface area contributed by atoms with Crippen LogP contribution in [-0.4, -0.2) is 10.5 Å². The molecule has 0 spiro atoms. The molecule has 24 heavy (non-hydrogen) atoms. The van der Waals surface area contributed by atoms with E-state index in [9.17, 15) is 22.8 Å². The van der Waals surface area contributed by atoms with Crippen LogP contribution in [0.25, 0.3) is 0 Å². The van der Waals surface area contributed by atoms with E-state index < -0.39 is 29.8 Å². The highest BCUT2D eigenvalue weighted by Gasteiger charge is 2.34. The van der Waals surface area contributed by atoms with Gasteiger partial charge >= 0.3 is 6.18 Å². The van der Waals surface area contributed by atoms with E-state index in [1.54, 1.807) is 18.2 Å². The molecule has 2 aromatic rings. The van der Waals surface area contributed by atoms with Crippen molar-refractivity contribution in [1.29, 1.82) is 0 Å². The Bertz CT molecular complexity index is 818. The molecule has 9 heteroatoms. The number of aromatic nitrogens is 1. The van der Waals surface area contributed by atoms with Gasteiger partial charge in [0.2, 0.25) is 0 Å². The van der Waals surface area contributed by atoms with Gasteiger partial charge in [-0.05, 0) is 36.8 Å². The molecule has 128 valence electrons. The minimum absolute atomic E-state index is 0.489. The average molecular weight is 360 g/mol. The lowest BCUT2D eigenvalue weighted by molar-refractivity contribution is -0.139. The number of hydrazine groups is 1. The molecule has 5 nitrogen and oxygen atoms in total. The standard InChI is InChI=1S/C15H13ClF3N3O2/c1-9-4-5-10(7-12(9)16)20-21-13(23)8-22-6-2-3-11(14(22)24)15(17,18)19/h2-7,20H,8H2,1H3,(H,21,23). The first-order valence-electron chi connectivity index (χ1n) is 6.76. The molecule has 0 aliphatic heterocycles. The van der Waals surface area contributed by atoms with E-state index in [0.717, 1.165) is 17.8 Å². The number of hydrogen-bond acceptors (Lipinski definition) is 3. The smallest absolute Gasteiger partial charge is 0.306 e. The molecule has 1 aromatic heterocycles. The van der Waals surface area contributed by atoms with Crippen molar-refractivity contribution in [3.8, 4) is 0 Å². The molecule has 0 radical (unpaired) electrons. The molecular weight excluding hydrogens is 347 g/mol. The maximum Gasteiger partial charge on any atom is 0.421 e. The number of hydrogen-bond donors (Lipinski definition) is 2. The van der Waals surface area contributed by atoms with E-state index in [2.05, 4.69) is 10.9 Å². The summed E-state index contributed by atoms with van der Waals surface area (Å²) in [6.45, 7) is 1.25. The fourth-order valence-electron chi connectivity index (χ4n) is 1.88. The first-order valence-corrected chi connectivity index (χ1v) is 7.14. The Hall–Kier alpha value is -2.48. The second kappa shape index (κ2) is 6.96. The van der Waals surface area contributed by atoms with Gasteiger partial charge in [-0.3, -0.25) is 20.4 Å². The number of benzene rings is 1. The zero-order chi connectivity index (χ0) is 17.9. The van der Waals surface area contributed by atoms with Crippen LogP contribution in [0.3, 0.4) is 0 Å². The van der Waals surface area contributed by atoms with Crippen LogP contribution < -0.4 is 16.4 Å². The first-order chi connectivity index (χ1) is 11.2. The number of rotatable bonds is 4. The van der Waals surface area contributed by atoms with Gasteiger partial charge in [0.15, 0.2) is 0 Å². The summed E-state index contributed by atoms with van der Waals surface area (Å²) in [6.07, 6.45) is -3.66. The fourth-order valence-corrected chi connectivity index (χ4v) is 2.06. The lowest BCUT2D eigenvalue weighted by atomic mass is 10.2. The molecule has 2 rings (SSSR count). The number of aryl methyl sites for hydroxylation is 1. The van der Waals surface area contributed by atoms with Gasteiger partial charge in [-0.1, -0.05) is 17.7 Å². The largest absolute Gasteiger partial charge is 0.421 e. The summed E-state index contributed by atoms with van der Waals surface area (Å²) >= 11 is 5.94. The van der Waals surface area contributed by atoms with E-state index in [0.29, 0.717) is 21.3 Å². The lowest BCUT2D eigenvalue weighted by Gasteiger charge is -2.12. The summed E-state index contributed by atoms with van der Waals surface area (Å²) in [4.78, 5) is 23.5. The van der Waals surface area contributed by atoms with Crippen molar-refractivity contribution in [1.82, 2.24) is 9.99 Å². The van der Waals surface area contributed by atoms with E-state index in [1.807, 2.05) is 6.92 Å². The van der Waals surface area contributed by atoms with Crippen molar-refractivity contribution in [3.05, 3.63) is 63.0 Å². The fraction of sp³-hybridized carbons (Fsp3) is 0.200. The van der Waals surface area contributed by atoms with Crippen LogP contribution >= 0.6 is 11.6 Å². The average Bonchev–Trinajstić information content (AvgIpc) is 2.49. The predicted molar refractivity (Wildman–Crippen MR) is 83.7 cm³/mol. The number of carbonyl (C=O) groups is 1. The number of alkyl halides is 3. The highest BCUT2D eigenvalue weighted by Crippen LogP contribution is 2.26. The van der Waals surface area contributed by atoms with Crippen LogP contribution in [-0.2, 0) is 17.5 Å². The van der Waals surface area contributed by atoms with E-state index >= 15 is 0 Å². The maximum atomic E-state index is 12.7. The maximum absolute atomic E-state index is 12.7. The molecule has 0 saturated carbocycles. The summed E-state index contributed by atoms with van der Waals surface area (Å²) in [5, 5.41) is 0.489. The van der Waals surface area contributed by atoms with Gasteiger partial charge in [-0.2, -0.15) is 13.2 Å². The van der Waals surface area contributed by atoms with Crippen molar-refractivity contribution in [2.45, 2.75) is 19.6 Å². The molecular formula is C15H13ClF3N3O2. The van der Waals surface area contributed by atoms with Crippen molar-refractivity contribution in [3.63, 3.8) is 0 Å². The molecule has 0 atom stereocenters. The third-order valence-electron chi connectivity index (χ3n) is 3.16. The molecule has 0 aliphatic carbocycles. The SMILES string of the molecule is Cc1ccc(NNC(=O)Cn2cccc(C(F)(F)F)c2=O)cc1Cl. The van der Waals surface area contributed by atoms with E-state index in [4.69, 9.17) is 11.6 Å². The quantitative estimate of drug-likeness (QED) is 0.825. The number of anilines is 1.